The third-order valence-corrected chi connectivity index (χ3v) is 6.53. The summed E-state index contributed by atoms with van der Waals surface area (Å²) in [5.41, 5.74) is 1.08. The van der Waals surface area contributed by atoms with E-state index in [1.807, 2.05) is 0 Å². The minimum Gasteiger partial charge on any atom is -0.0654 e. The van der Waals surface area contributed by atoms with Gasteiger partial charge in [0.25, 0.3) is 0 Å². The van der Waals surface area contributed by atoms with Crippen molar-refractivity contribution in [1.82, 2.24) is 0 Å². The highest BCUT2D eigenvalue weighted by Gasteiger charge is 2.18. The highest BCUT2D eigenvalue weighted by atomic mass is 28.3. The van der Waals surface area contributed by atoms with E-state index in [0.29, 0.717) is 0 Å². The zero-order chi connectivity index (χ0) is 5.98. The smallest absolute Gasteiger partial charge is 0.0393 e. The van der Waals surface area contributed by atoms with Crippen molar-refractivity contribution in [3.05, 3.63) is 0 Å². The van der Waals surface area contributed by atoms with Crippen molar-refractivity contribution in [2.45, 2.75) is 44.3 Å². The van der Waals surface area contributed by atoms with E-state index in [9.17, 15) is 0 Å². The first-order valence-corrected chi connectivity index (χ1v) is 6.10. The average Bonchev–Trinajstić information content (AvgIpc) is 2.12. The minimum absolute atomic E-state index is 0.154. The van der Waals surface area contributed by atoms with E-state index in [2.05, 4.69) is 13.8 Å². The predicted molar refractivity (Wildman–Crippen MR) is 41.1 cm³/mol. The lowest BCUT2D eigenvalue weighted by atomic mass is 10.4. The zero-order valence-electron chi connectivity index (χ0n) is 5.98. The number of rotatable bonds is 1. The maximum absolute atomic E-state index is 2.40. The predicted octanol–water partition coefficient (Wildman–Crippen LogP) is 2.42. The molecule has 0 aromatic heterocycles. The first-order chi connectivity index (χ1) is 3.80. The lowest BCUT2D eigenvalue weighted by Crippen LogP contribution is -2.09. The number of hydrogen-bond donors (Lipinski definition) is 0. The van der Waals surface area contributed by atoms with Gasteiger partial charge in [-0.05, 0) is 0 Å². The lowest BCUT2D eigenvalue weighted by Gasteiger charge is -2.09. The van der Waals surface area contributed by atoms with Gasteiger partial charge in [0.2, 0.25) is 0 Å². The molecule has 1 heteroatoms. The van der Waals surface area contributed by atoms with Gasteiger partial charge in [-0.2, -0.15) is 0 Å². The van der Waals surface area contributed by atoms with Crippen molar-refractivity contribution >= 4 is 8.80 Å². The molecule has 1 heterocycles. The second-order valence-corrected chi connectivity index (χ2v) is 7.30. The Morgan fingerprint density at radius 3 is 1.88 bits per heavy atom. The van der Waals surface area contributed by atoms with Crippen LogP contribution in [-0.4, -0.2) is 8.80 Å². The Labute approximate surface area is 53.9 Å². The maximum atomic E-state index is 2.40. The average molecular weight is 128 g/mol. The van der Waals surface area contributed by atoms with E-state index in [-0.39, 0.29) is 8.80 Å². The quantitative estimate of drug-likeness (QED) is 0.476. The fraction of sp³-hybridized carbons (Fsp3) is 1.00. The molecule has 0 radical (unpaired) electrons. The molecule has 0 bridgehead atoms. The van der Waals surface area contributed by atoms with Crippen LogP contribution in [0.2, 0.25) is 17.6 Å². The third kappa shape index (κ3) is 1.34. The van der Waals surface area contributed by atoms with Crippen molar-refractivity contribution < 1.29 is 0 Å². The van der Waals surface area contributed by atoms with Crippen LogP contribution in [0.25, 0.3) is 0 Å². The summed E-state index contributed by atoms with van der Waals surface area (Å²) in [5, 5.41) is 0. The van der Waals surface area contributed by atoms with Gasteiger partial charge < -0.3 is 0 Å². The van der Waals surface area contributed by atoms with Crippen LogP contribution in [-0.2, 0) is 0 Å². The molecule has 1 aliphatic heterocycles. The Hall–Kier alpha value is 0.217. The van der Waals surface area contributed by atoms with Crippen LogP contribution >= 0.6 is 0 Å². The van der Waals surface area contributed by atoms with Gasteiger partial charge in [0.05, 0.1) is 0 Å². The Morgan fingerprint density at radius 1 is 1.12 bits per heavy atom. The summed E-state index contributed by atoms with van der Waals surface area (Å²) in [5.74, 6) is 0. The van der Waals surface area contributed by atoms with Crippen LogP contribution in [0.5, 0.6) is 0 Å². The first kappa shape index (κ1) is 6.34. The molecule has 0 N–H and O–H groups in total. The van der Waals surface area contributed by atoms with Crippen LogP contribution in [0, 0.1) is 0 Å². The van der Waals surface area contributed by atoms with Crippen molar-refractivity contribution in [3.8, 4) is 0 Å². The molecule has 0 aromatic carbocycles. The van der Waals surface area contributed by atoms with E-state index < -0.39 is 0 Å². The second-order valence-electron chi connectivity index (χ2n) is 3.29. The molecule has 0 atom stereocenters. The van der Waals surface area contributed by atoms with Gasteiger partial charge in [-0.1, -0.05) is 44.3 Å². The molecule has 0 saturated carbocycles. The molecule has 1 rings (SSSR count). The topological polar surface area (TPSA) is 0 Å². The summed E-state index contributed by atoms with van der Waals surface area (Å²) in [4.78, 5) is 0. The van der Waals surface area contributed by atoms with Crippen LogP contribution in [0.1, 0.15) is 26.7 Å². The van der Waals surface area contributed by atoms with E-state index in [1.54, 1.807) is 24.9 Å². The molecule has 0 nitrogen and oxygen atoms in total. The van der Waals surface area contributed by atoms with Gasteiger partial charge in [-0.3, -0.25) is 0 Å². The maximum Gasteiger partial charge on any atom is 0.0393 e. The highest BCUT2D eigenvalue weighted by molar-refractivity contribution is 6.60. The Bertz CT molecular complexity index is 62.8. The molecule has 0 aromatic rings. The van der Waals surface area contributed by atoms with E-state index in [1.165, 1.54) is 0 Å². The Balaban J connectivity index is 2.24. The van der Waals surface area contributed by atoms with Crippen LogP contribution in [0.3, 0.4) is 0 Å². The van der Waals surface area contributed by atoms with Gasteiger partial charge in [-0.25, -0.2) is 0 Å². The number of hydrogen-bond acceptors (Lipinski definition) is 0. The van der Waals surface area contributed by atoms with Crippen LogP contribution in [0.4, 0.5) is 0 Å². The fourth-order valence-electron chi connectivity index (χ4n) is 1.62. The molecule has 0 spiro atoms. The van der Waals surface area contributed by atoms with Crippen molar-refractivity contribution in [3.63, 3.8) is 0 Å². The van der Waals surface area contributed by atoms with Crippen molar-refractivity contribution in [2.24, 2.45) is 0 Å². The summed E-state index contributed by atoms with van der Waals surface area (Å²) in [6.07, 6.45) is 3.10. The molecule has 0 unspecified atom stereocenters. The largest absolute Gasteiger partial charge is 0.0654 e. The molecular formula is C7H16Si. The SMILES string of the molecule is CC(C)[SiH]1CCCC1. The normalized spacial score (nSPS) is 22.9. The molecule has 1 saturated heterocycles. The second kappa shape index (κ2) is 2.67. The zero-order valence-corrected chi connectivity index (χ0v) is 7.14. The highest BCUT2D eigenvalue weighted by Crippen LogP contribution is 2.27. The van der Waals surface area contributed by atoms with Crippen molar-refractivity contribution in [1.29, 1.82) is 0 Å². The molecule has 8 heavy (non-hydrogen) atoms. The summed E-state index contributed by atoms with van der Waals surface area (Å²) in [7, 11) is -0.154. The molecule has 48 valence electrons. The Kier molecular flexibility index (Phi) is 2.12. The fourth-order valence-corrected chi connectivity index (χ4v) is 4.87. The third-order valence-electron chi connectivity index (χ3n) is 2.34. The molecule has 1 fully saturated rings. The van der Waals surface area contributed by atoms with E-state index >= 15 is 0 Å². The molecule has 0 amide bonds. The monoisotopic (exact) mass is 128 g/mol. The summed E-state index contributed by atoms with van der Waals surface area (Å²) < 4.78 is 0. The Morgan fingerprint density at radius 2 is 1.62 bits per heavy atom. The minimum atomic E-state index is -0.154. The van der Waals surface area contributed by atoms with Crippen LogP contribution in [0.15, 0.2) is 0 Å². The van der Waals surface area contributed by atoms with Gasteiger partial charge >= 0.3 is 0 Å². The lowest BCUT2D eigenvalue weighted by molar-refractivity contribution is 0.935. The molecular weight excluding hydrogens is 112 g/mol. The van der Waals surface area contributed by atoms with Crippen molar-refractivity contribution in [2.75, 3.05) is 0 Å². The van der Waals surface area contributed by atoms with Gasteiger partial charge in [0.15, 0.2) is 0 Å². The summed E-state index contributed by atoms with van der Waals surface area (Å²) in [6, 6.07) is 3.27. The summed E-state index contributed by atoms with van der Waals surface area (Å²) >= 11 is 0. The van der Waals surface area contributed by atoms with Crippen LogP contribution < -0.4 is 0 Å². The summed E-state index contributed by atoms with van der Waals surface area (Å²) in [6.45, 7) is 4.81. The molecule has 1 aliphatic rings. The van der Waals surface area contributed by atoms with Gasteiger partial charge in [0, 0.05) is 8.80 Å². The van der Waals surface area contributed by atoms with Gasteiger partial charge in [-0.15, -0.1) is 0 Å². The first-order valence-electron chi connectivity index (χ1n) is 3.80. The van der Waals surface area contributed by atoms with Gasteiger partial charge in [0.1, 0.15) is 0 Å². The standard InChI is InChI=1S/C7H16Si/c1-7(2)8-5-3-4-6-8/h7-8H,3-6H2,1-2H3. The van der Waals surface area contributed by atoms with E-state index in [4.69, 9.17) is 0 Å². The molecule has 0 aliphatic carbocycles. The van der Waals surface area contributed by atoms with E-state index in [0.717, 1.165) is 5.54 Å².